The largest absolute Gasteiger partial charge is 3.00 e. The van der Waals surface area contributed by atoms with Crippen LogP contribution >= 0.6 is 0 Å². The van der Waals surface area contributed by atoms with E-state index in [-0.39, 0.29) is 46.5 Å². The smallest absolute Gasteiger partial charge is 1.00 e. The van der Waals surface area contributed by atoms with Crippen LogP contribution < -0.4 is 30.1 Å². The SMILES string of the molecule is CN1CC[N-]CCNCCN(C)CC1.[Cl-].[Cl-].[Ti+3]. The zero-order valence-electron chi connectivity index (χ0n) is 10.8. The second-order valence-corrected chi connectivity index (χ2v) is 4.03. The van der Waals surface area contributed by atoms with E-state index < -0.39 is 0 Å². The number of hydrogen-bond acceptors (Lipinski definition) is 3. The van der Waals surface area contributed by atoms with Gasteiger partial charge in [-0.05, 0) is 27.2 Å². The van der Waals surface area contributed by atoms with Crippen molar-refractivity contribution >= 4 is 0 Å². The Morgan fingerprint density at radius 1 is 0.824 bits per heavy atom. The molecule has 101 valence electrons. The average Bonchev–Trinajstić information content (AvgIpc) is 2.17. The van der Waals surface area contributed by atoms with Gasteiger partial charge in [-0.15, -0.1) is 13.1 Å². The summed E-state index contributed by atoms with van der Waals surface area (Å²) in [6.45, 7) is 8.55. The zero-order valence-corrected chi connectivity index (χ0v) is 13.8. The van der Waals surface area contributed by atoms with E-state index in [0.29, 0.717) is 0 Å². The predicted octanol–water partition coefficient (Wildman–Crippen LogP) is -6.17. The Morgan fingerprint density at radius 2 is 1.41 bits per heavy atom. The van der Waals surface area contributed by atoms with Gasteiger partial charge in [0.2, 0.25) is 0 Å². The van der Waals surface area contributed by atoms with Gasteiger partial charge in [0, 0.05) is 26.2 Å². The van der Waals surface area contributed by atoms with E-state index in [4.69, 9.17) is 0 Å². The van der Waals surface area contributed by atoms with Gasteiger partial charge in [0.15, 0.2) is 0 Å². The van der Waals surface area contributed by atoms with Crippen molar-refractivity contribution in [2.75, 3.05) is 66.5 Å². The average molecular weight is 318 g/mol. The molecule has 7 heteroatoms. The van der Waals surface area contributed by atoms with Crippen molar-refractivity contribution in [2.45, 2.75) is 0 Å². The van der Waals surface area contributed by atoms with Crippen LogP contribution in [0, 0.1) is 0 Å². The minimum Gasteiger partial charge on any atom is -1.00 e. The van der Waals surface area contributed by atoms with E-state index in [2.05, 4.69) is 34.5 Å². The minimum absolute atomic E-state index is 0. The van der Waals surface area contributed by atoms with Crippen LogP contribution in [0.4, 0.5) is 0 Å². The second kappa shape index (κ2) is 15.2. The molecule has 0 saturated carbocycles. The summed E-state index contributed by atoms with van der Waals surface area (Å²) in [4.78, 5) is 4.73. The molecular weight excluding hydrogens is 295 g/mol. The number of nitrogens with zero attached hydrogens (tertiary/aromatic N) is 3. The van der Waals surface area contributed by atoms with Crippen LogP contribution in [0.1, 0.15) is 0 Å². The maximum absolute atomic E-state index is 4.46. The van der Waals surface area contributed by atoms with Gasteiger partial charge in [0.05, 0.1) is 0 Å². The molecule has 0 unspecified atom stereocenters. The van der Waals surface area contributed by atoms with Crippen molar-refractivity contribution in [2.24, 2.45) is 0 Å². The molecule has 1 radical (unpaired) electrons. The van der Waals surface area contributed by atoms with Crippen LogP contribution in [0.3, 0.4) is 0 Å². The molecule has 1 saturated heterocycles. The van der Waals surface area contributed by atoms with Gasteiger partial charge in [-0.25, -0.2) is 0 Å². The van der Waals surface area contributed by atoms with Gasteiger partial charge in [0.1, 0.15) is 0 Å². The van der Waals surface area contributed by atoms with Gasteiger partial charge >= 0.3 is 21.7 Å². The third-order valence-electron chi connectivity index (χ3n) is 2.62. The quantitative estimate of drug-likeness (QED) is 0.451. The summed E-state index contributed by atoms with van der Waals surface area (Å²) in [5.74, 6) is 0. The molecule has 1 heterocycles. The standard InChI is InChI=1S/C10H23N4.2ClH.Ti/c1-13-7-5-11-3-4-12-6-8-14(2)10-9-13;;;/h11H,3-10H2,1-2H3;2*1H;/q-1;;;+3/p-2. The Bertz CT molecular complexity index is 138. The Morgan fingerprint density at radius 3 is 2.06 bits per heavy atom. The van der Waals surface area contributed by atoms with Gasteiger partial charge in [-0.1, -0.05) is 0 Å². The van der Waals surface area contributed by atoms with Crippen LogP contribution in [0.25, 0.3) is 5.32 Å². The first-order valence-corrected chi connectivity index (χ1v) is 5.50. The number of rotatable bonds is 0. The maximum Gasteiger partial charge on any atom is 3.00 e. The molecular formula is C10H23Cl2N4Ti. The molecule has 1 aliphatic heterocycles. The summed E-state index contributed by atoms with van der Waals surface area (Å²) in [5, 5.41) is 7.85. The number of hydrogen-bond donors (Lipinski definition) is 1. The fourth-order valence-corrected chi connectivity index (χ4v) is 1.47. The first-order chi connectivity index (χ1) is 6.79. The van der Waals surface area contributed by atoms with Crippen molar-refractivity contribution in [1.82, 2.24) is 15.1 Å². The molecule has 0 aliphatic carbocycles. The molecule has 1 aliphatic rings. The fraction of sp³-hybridized carbons (Fsp3) is 1.00. The monoisotopic (exact) mass is 317 g/mol. The van der Waals surface area contributed by atoms with E-state index in [1.54, 1.807) is 0 Å². The molecule has 0 atom stereocenters. The number of halogens is 2. The third-order valence-corrected chi connectivity index (χ3v) is 2.62. The molecule has 0 aromatic heterocycles. The van der Waals surface area contributed by atoms with E-state index in [1.165, 1.54) is 0 Å². The molecule has 0 spiro atoms. The Kier molecular flexibility index (Phi) is 20.8. The molecule has 1 N–H and O–H groups in total. The predicted molar refractivity (Wildman–Crippen MR) is 61.0 cm³/mol. The molecule has 1 fully saturated rings. The van der Waals surface area contributed by atoms with Crippen LogP contribution in [0.2, 0.25) is 0 Å². The van der Waals surface area contributed by atoms with Crippen molar-refractivity contribution in [3.63, 3.8) is 0 Å². The summed E-state index contributed by atoms with van der Waals surface area (Å²) in [6, 6.07) is 0. The molecule has 4 nitrogen and oxygen atoms in total. The summed E-state index contributed by atoms with van der Waals surface area (Å²) in [6.07, 6.45) is 0. The zero-order chi connectivity index (χ0) is 10.2. The summed E-state index contributed by atoms with van der Waals surface area (Å²) in [7, 11) is 4.36. The molecule has 0 bridgehead atoms. The summed E-state index contributed by atoms with van der Waals surface area (Å²) < 4.78 is 0. The topological polar surface area (TPSA) is 32.6 Å². The maximum atomic E-state index is 4.46. The Labute approximate surface area is 133 Å². The molecule has 17 heavy (non-hydrogen) atoms. The van der Waals surface area contributed by atoms with E-state index >= 15 is 0 Å². The first kappa shape index (κ1) is 23.2. The molecule has 0 aromatic carbocycles. The Balaban J connectivity index is -0.000000653. The van der Waals surface area contributed by atoms with E-state index in [0.717, 1.165) is 52.4 Å². The van der Waals surface area contributed by atoms with Gasteiger partial charge in [-0.3, -0.25) is 0 Å². The van der Waals surface area contributed by atoms with E-state index in [9.17, 15) is 0 Å². The van der Waals surface area contributed by atoms with Gasteiger partial charge < -0.3 is 45.2 Å². The second-order valence-electron chi connectivity index (χ2n) is 4.03. The first-order valence-electron chi connectivity index (χ1n) is 5.50. The van der Waals surface area contributed by atoms with Gasteiger partial charge in [0.25, 0.3) is 0 Å². The molecule has 1 rings (SSSR count). The summed E-state index contributed by atoms with van der Waals surface area (Å²) >= 11 is 0. The minimum atomic E-state index is 0. The van der Waals surface area contributed by atoms with Crippen molar-refractivity contribution < 1.29 is 46.5 Å². The summed E-state index contributed by atoms with van der Waals surface area (Å²) in [5.41, 5.74) is 0. The van der Waals surface area contributed by atoms with Crippen molar-refractivity contribution in [1.29, 1.82) is 0 Å². The molecule has 0 amide bonds. The molecule has 0 aromatic rings. The normalized spacial score (nSPS) is 20.8. The van der Waals surface area contributed by atoms with Crippen LogP contribution in [0.15, 0.2) is 0 Å². The van der Waals surface area contributed by atoms with Crippen LogP contribution in [-0.2, 0) is 21.7 Å². The van der Waals surface area contributed by atoms with Gasteiger partial charge in [-0.2, -0.15) is 0 Å². The number of nitrogens with one attached hydrogen (secondary N) is 1. The van der Waals surface area contributed by atoms with Crippen molar-refractivity contribution in [3.05, 3.63) is 5.32 Å². The van der Waals surface area contributed by atoms with Crippen LogP contribution in [-0.4, -0.2) is 76.3 Å². The van der Waals surface area contributed by atoms with Crippen molar-refractivity contribution in [3.8, 4) is 0 Å². The third kappa shape index (κ3) is 13.4. The Hall–Kier alpha value is 1.13. The number of likely N-dealkylation sites (N-methyl/N-ethyl adjacent to an activating group) is 2. The van der Waals surface area contributed by atoms with E-state index in [1.807, 2.05) is 0 Å². The van der Waals surface area contributed by atoms with Crippen LogP contribution in [0.5, 0.6) is 0 Å². The fourth-order valence-electron chi connectivity index (χ4n) is 1.47.